The molecular formula is C13H16O4. The van der Waals surface area contributed by atoms with Gasteiger partial charge in [-0.2, -0.15) is 0 Å². The van der Waals surface area contributed by atoms with Crippen LogP contribution in [0.5, 0.6) is 5.75 Å². The van der Waals surface area contributed by atoms with Crippen LogP contribution in [0.15, 0.2) is 18.2 Å². The minimum absolute atomic E-state index is 0.0190. The molecule has 0 spiro atoms. The Hall–Kier alpha value is -1.84. The van der Waals surface area contributed by atoms with Crippen molar-refractivity contribution in [1.82, 2.24) is 0 Å². The van der Waals surface area contributed by atoms with Crippen molar-refractivity contribution in [2.75, 3.05) is 6.61 Å². The molecule has 17 heavy (non-hydrogen) atoms. The van der Waals surface area contributed by atoms with Crippen LogP contribution in [0.4, 0.5) is 0 Å². The first kappa shape index (κ1) is 13.2. The Kier molecular flexibility index (Phi) is 4.69. The van der Waals surface area contributed by atoms with E-state index in [1.54, 1.807) is 18.2 Å². The second kappa shape index (κ2) is 6.03. The predicted octanol–water partition coefficient (Wildman–Crippen LogP) is 2.44. The van der Waals surface area contributed by atoms with E-state index in [0.29, 0.717) is 24.3 Å². The molecule has 4 nitrogen and oxygen atoms in total. The van der Waals surface area contributed by atoms with Crippen LogP contribution in [0.2, 0.25) is 0 Å². The average molecular weight is 236 g/mol. The number of carbonyl (C=O) groups is 2. The van der Waals surface area contributed by atoms with Crippen LogP contribution in [0.3, 0.4) is 0 Å². The average Bonchev–Trinajstić information content (AvgIpc) is 2.25. The summed E-state index contributed by atoms with van der Waals surface area (Å²) in [6.07, 6.45) is 0.577. The highest BCUT2D eigenvalue weighted by molar-refractivity contribution is 5.94. The van der Waals surface area contributed by atoms with Gasteiger partial charge in [-0.1, -0.05) is 0 Å². The highest BCUT2D eigenvalue weighted by Gasteiger charge is 2.04. The van der Waals surface area contributed by atoms with Gasteiger partial charge >= 0.3 is 5.97 Å². The molecule has 4 heteroatoms. The predicted molar refractivity (Wildman–Crippen MR) is 63.5 cm³/mol. The normalized spacial score (nSPS) is 10.0. The van der Waals surface area contributed by atoms with Gasteiger partial charge < -0.3 is 9.84 Å². The third-order valence-corrected chi connectivity index (χ3v) is 2.37. The van der Waals surface area contributed by atoms with Crippen LogP contribution in [0.1, 0.15) is 35.7 Å². The van der Waals surface area contributed by atoms with E-state index in [1.165, 1.54) is 6.92 Å². The number of Topliss-reactive ketones (excluding diaryl/α,β-unsaturated/α-hetero) is 1. The summed E-state index contributed by atoms with van der Waals surface area (Å²) >= 11 is 0. The van der Waals surface area contributed by atoms with Crippen molar-refractivity contribution < 1.29 is 19.4 Å². The van der Waals surface area contributed by atoms with Gasteiger partial charge in [0, 0.05) is 12.0 Å². The quantitative estimate of drug-likeness (QED) is 0.608. The zero-order valence-electron chi connectivity index (χ0n) is 10.0. The third kappa shape index (κ3) is 4.26. The Labute approximate surface area is 100 Å². The van der Waals surface area contributed by atoms with E-state index in [2.05, 4.69) is 0 Å². The number of carbonyl (C=O) groups excluding carboxylic acids is 1. The lowest BCUT2D eigenvalue weighted by molar-refractivity contribution is -0.137. The highest BCUT2D eigenvalue weighted by atomic mass is 16.5. The smallest absolute Gasteiger partial charge is 0.303 e. The van der Waals surface area contributed by atoms with E-state index in [4.69, 9.17) is 9.84 Å². The lowest BCUT2D eigenvalue weighted by Crippen LogP contribution is -2.03. The molecule has 0 bridgehead atoms. The van der Waals surface area contributed by atoms with Crippen molar-refractivity contribution in [2.24, 2.45) is 0 Å². The number of aryl methyl sites for hydroxylation is 1. The Morgan fingerprint density at radius 2 is 2.06 bits per heavy atom. The molecule has 0 saturated heterocycles. The molecule has 1 aromatic carbocycles. The van der Waals surface area contributed by atoms with E-state index >= 15 is 0 Å². The third-order valence-electron chi connectivity index (χ3n) is 2.37. The topological polar surface area (TPSA) is 63.6 Å². The van der Waals surface area contributed by atoms with E-state index in [1.807, 2.05) is 6.92 Å². The molecule has 0 aliphatic carbocycles. The Morgan fingerprint density at radius 1 is 1.35 bits per heavy atom. The first-order valence-electron chi connectivity index (χ1n) is 5.47. The van der Waals surface area contributed by atoms with Crippen LogP contribution < -0.4 is 4.74 Å². The molecule has 0 fully saturated rings. The van der Waals surface area contributed by atoms with Gasteiger partial charge in [-0.15, -0.1) is 0 Å². The summed E-state index contributed by atoms with van der Waals surface area (Å²) in [4.78, 5) is 21.4. The van der Waals surface area contributed by atoms with Gasteiger partial charge in [0.05, 0.1) is 6.61 Å². The maximum absolute atomic E-state index is 11.1. The number of aliphatic carboxylic acids is 1. The molecule has 0 aromatic heterocycles. The van der Waals surface area contributed by atoms with Crippen LogP contribution in [-0.4, -0.2) is 23.5 Å². The van der Waals surface area contributed by atoms with E-state index in [-0.39, 0.29) is 12.2 Å². The van der Waals surface area contributed by atoms with Gasteiger partial charge in [-0.3, -0.25) is 9.59 Å². The first-order chi connectivity index (χ1) is 8.00. The number of carboxylic acid groups (broad SMARTS) is 1. The Bertz CT molecular complexity index is 423. The number of ketones is 1. The Balaban J connectivity index is 2.54. The van der Waals surface area contributed by atoms with Crippen LogP contribution in [-0.2, 0) is 4.79 Å². The van der Waals surface area contributed by atoms with Crippen molar-refractivity contribution in [3.8, 4) is 5.75 Å². The van der Waals surface area contributed by atoms with Gasteiger partial charge in [-0.25, -0.2) is 0 Å². The van der Waals surface area contributed by atoms with E-state index in [9.17, 15) is 9.59 Å². The number of carboxylic acids is 1. The monoisotopic (exact) mass is 236 g/mol. The van der Waals surface area contributed by atoms with Crippen LogP contribution in [0, 0.1) is 6.92 Å². The van der Waals surface area contributed by atoms with Crippen molar-refractivity contribution in [3.63, 3.8) is 0 Å². The molecular weight excluding hydrogens is 220 g/mol. The summed E-state index contributed by atoms with van der Waals surface area (Å²) in [6.45, 7) is 3.74. The maximum Gasteiger partial charge on any atom is 0.303 e. The van der Waals surface area contributed by atoms with Gasteiger partial charge in [-0.05, 0) is 44.0 Å². The molecule has 0 radical (unpaired) electrons. The summed E-state index contributed by atoms with van der Waals surface area (Å²) in [5.41, 5.74) is 1.54. The van der Waals surface area contributed by atoms with Crippen molar-refractivity contribution in [2.45, 2.75) is 26.7 Å². The van der Waals surface area contributed by atoms with E-state index < -0.39 is 5.97 Å². The fourth-order valence-electron chi connectivity index (χ4n) is 1.44. The minimum atomic E-state index is -0.822. The van der Waals surface area contributed by atoms with Crippen molar-refractivity contribution in [3.05, 3.63) is 29.3 Å². The lowest BCUT2D eigenvalue weighted by atomic mass is 10.1. The summed E-state index contributed by atoms with van der Waals surface area (Å²) in [7, 11) is 0. The van der Waals surface area contributed by atoms with Gasteiger partial charge in [0.1, 0.15) is 5.75 Å². The van der Waals surface area contributed by atoms with Gasteiger partial charge in [0.2, 0.25) is 0 Å². The lowest BCUT2D eigenvalue weighted by Gasteiger charge is -2.09. The second-order valence-electron chi connectivity index (χ2n) is 3.88. The summed E-state index contributed by atoms with van der Waals surface area (Å²) in [5.74, 6) is -0.108. The van der Waals surface area contributed by atoms with Crippen LogP contribution >= 0.6 is 0 Å². The maximum atomic E-state index is 11.1. The summed E-state index contributed by atoms with van der Waals surface area (Å²) in [5, 5.41) is 8.47. The minimum Gasteiger partial charge on any atom is -0.493 e. The molecule has 0 amide bonds. The zero-order valence-corrected chi connectivity index (χ0v) is 10.0. The molecule has 0 aliphatic rings. The number of ether oxygens (including phenoxy) is 1. The molecule has 0 heterocycles. The molecule has 1 N–H and O–H groups in total. The molecule has 1 rings (SSSR count). The number of hydrogen-bond donors (Lipinski definition) is 1. The molecule has 92 valence electrons. The number of rotatable bonds is 6. The van der Waals surface area contributed by atoms with Crippen molar-refractivity contribution >= 4 is 11.8 Å². The highest BCUT2D eigenvalue weighted by Crippen LogP contribution is 2.19. The number of benzene rings is 1. The number of hydrogen-bond acceptors (Lipinski definition) is 3. The fourth-order valence-corrected chi connectivity index (χ4v) is 1.44. The Morgan fingerprint density at radius 3 is 2.59 bits per heavy atom. The zero-order chi connectivity index (χ0) is 12.8. The molecule has 1 aromatic rings. The van der Waals surface area contributed by atoms with Gasteiger partial charge in [0.15, 0.2) is 5.78 Å². The molecule has 0 aliphatic heterocycles. The second-order valence-corrected chi connectivity index (χ2v) is 3.88. The van der Waals surface area contributed by atoms with Crippen molar-refractivity contribution in [1.29, 1.82) is 0 Å². The fraction of sp³-hybridized carbons (Fsp3) is 0.385. The molecule has 0 unspecified atom stereocenters. The standard InChI is InChI=1S/C13H16O4/c1-9-8-11(10(2)14)5-6-12(9)17-7-3-4-13(15)16/h5-6,8H,3-4,7H2,1-2H3,(H,15,16). The van der Waals surface area contributed by atoms with Crippen LogP contribution in [0.25, 0.3) is 0 Å². The van der Waals surface area contributed by atoms with Gasteiger partial charge in [0.25, 0.3) is 0 Å². The molecule has 0 saturated carbocycles. The largest absolute Gasteiger partial charge is 0.493 e. The first-order valence-corrected chi connectivity index (χ1v) is 5.47. The van der Waals surface area contributed by atoms with E-state index in [0.717, 1.165) is 5.56 Å². The molecule has 0 atom stereocenters. The summed E-state index contributed by atoms with van der Waals surface area (Å²) < 4.78 is 5.45. The SMILES string of the molecule is CC(=O)c1ccc(OCCCC(=O)O)c(C)c1. The summed E-state index contributed by atoms with van der Waals surface area (Å²) in [6, 6.07) is 5.23.